The minimum Gasteiger partial charge on any atom is -0.459 e. The van der Waals surface area contributed by atoms with E-state index in [-0.39, 0.29) is 47.9 Å². The van der Waals surface area contributed by atoms with E-state index in [1.54, 1.807) is 13.0 Å². The minimum atomic E-state index is -1.10. The van der Waals surface area contributed by atoms with Gasteiger partial charge in [0.05, 0.1) is 23.1 Å². The highest BCUT2D eigenvalue weighted by atomic mass is 32.1. The molecule has 3 aliphatic heterocycles. The van der Waals surface area contributed by atoms with Crippen LogP contribution in [0.25, 0.3) is 0 Å². The predicted octanol–water partition coefficient (Wildman–Crippen LogP) is 3.90. The van der Waals surface area contributed by atoms with Gasteiger partial charge in [-0.3, -0.25) is 9.80 Å². The van der Waals surface area contributed by atoms with Crippen LogP contribution >= 0.6 is 11.3 Å². The number of oxime groups is 1. The number of hydrogen-bond acceptors (Lipinski definition) is 13. The molecule has 2 aromatic rings. The molecule has 2 bridgehead atoms. The molecule has 4 aliphatic rings. The minimum absolute atomic E-state index is 0.0417. The number of aromatic nitrogens is 2. The summed E-state index contributed by atoms with van der Waals surface area (Å²) >= 11 is 1.34. The van der Waals surface area contributed by atoms with Gasteiger partial charge in [0, 0.05) is 35.6 Å². The van der Waals surface area contributed by atoms with Gasteiger partial charge in [0.25, 0.3) is 0 Å². The van der Waals surface area contributed by atoms with Crippen molar-refractivity contribution in [1.29, 1.82) is 5.26 Å². The molecule has 1 amide bonds. The molecule has 15 heteroatoms. The summed E-state index contributed by atoms with van der Waals surface area (Å²) in [6, 6.07) is 4.14. The van der Waals surface area contributed by atoms with Crippen LogP contribution in [0, 0.1) is 11.3 Å². The topological polar surface area (TPSA) is 186 Å². The van der Waals surface area contributed by atoms with Crippen molar-refractivity contribution in [2.24, 2.45) is 10.9 Å². The Hall–Kier alpha value is -4.16. The lowest BCUT2D eigenvalue weighted by atomic mass is 9.72. The van der Waals surface area contributed by atoms with E-state index in [0.29, 0.717) is 41.5 Å². The first-order valence-corrected chi connectivity index (χ1v) is 17.9. The lowest BCUT2D eigenvalue weighted by molar-refractivity contribution is -0.150. The van der Waals surface area contributed by atoms with Crippen LogP contribution in [-0.4, -0.2) is 94.2 Å². The fourth-order valence-electron chi connectivity index (χ4n) is 7.77. The molecule has 14 nitrogen and oxygen atoms in total. The van der Waals surface area contributed by atoms with Crippen LogP contribution < -0.4 is 21.1 Å². The summed E-state index contributed by atoms with van der Waals surface area (Å²) in [6.45, 7) is 11.5. The number of anilines is 2. The number of thiophene rings is 1. The molecule has 0 radical (unpaired) electrons. The van der Waals surface area contributed by atoms with Crippen molar-refractivity contribution in [2.75, 3.05) is 37.3 Å². The molecule has 0 saturated carbocycles. The average Bonchev–Trinajstić information content (AvgIpc) is 3.70. The Morgan fingerprint density at radius 1 is 1.18 bits per heavy atom. The highest BCUT2D eigenvalue weighted by Gasteiger charge is 2.46. The van der Waals surface area contributed by atoms with Gasteiger partial charge >= 0.3 is 18.1 Å². The van der Waals surface area contributed by atoms with Gasteiger partial charge in [0.15, 0.2) is 5.84 Å². The molecule has 49 heavy (non-hydrogen) atoms. The Morgan fingerprint density at radius 2 is 1.90 bits per heavy atom. The number of hydrogen-bond donors (Lipinski definition) is 2. The summed E-state index contributed by atoms with van der Waals surface area (Å²) in [7, 11) is 2.08. The van der Waals surface area contributed by atoms with Crippen LogP contribution in [0.1, 0.15) is 94.8 Å². The number of fused-ring (bicyclic) bond motifs is 3. The summed E-state index contributed by atoms with van der Waals surface area (Å²) in [5.41, 5.74) is 12.1. The lowest BCUT2D eigenvalue weighted by Crippen LogP contribution is -2.57. The highest BCUT2D eigenvalue weighted by Crippen LogP contribution is 2.46. The van der Waals surface area contributed by atoms with Gasteiger partial charge in [-0.2, -0.15) is 15.2 Å². The standard InChI is InChI=1S/C34H47N9O5S/c1-19(24-9-8-14-41(24)6)46-31-38-23(15-26(39-31)42-17-20-11-12-21(18-42)43(20)32(45)47-33(2,3)4)28(36)40-48-30(44)34(5)13-7-10-25-27(34)22(16-35)29(37)49-25/h15,19-21,24H,7-14,17-18,37H2,1-6H3,(H2,36,40)/t19-,20?,21?,24-,34-/m0/s1. The number of nitrogens with two attached hydrogens (primary N) is 2. The van der Waals surface area contributed by atoms with Crippen LogP contribution in [0.2, 0.25) is 0 Å². The molecule has 0 spiro atoms. The van der Waals surface area contributed by atoms with Crippen molar-refractivity contribution in [3.8, 4) is 12.1 Å². The molecular formula is C34H47N9O5S. The maximum atomic E-state index is 13.6. The van der Waals surface area contributed by atoms with E-state index < -0.39 is 17.0 Å². The van der Waals surface area contributed by atoms with Crippen molar-refractivity contribution >= 4 is 40.1 Å². The van der Waals surface area contributed by atoms with E-state index in [9.17, 15) is 14.9 Å². The number of nitrogens with zero attached hydrogens (tertiary/aromatic N) is 7. The third kappa shape index (κ3) is 6.85. The number of likely N-dealkylation sites (N-methyl/N-ethyl adjacent to an activating group) is 1. The molecule has 5 atom stereocenters. The number of rotatable bonds is 7. The van der Waals surface area contributed by atoms with Crippen LogP contribution in [0.15, 0.2) is 11.2 Å². The van der Waals surface area contributed by atoms with E-state index in [1.807, 2.05) is 32.6 Å². The smallest absolute Gasteiger partial charge is 0.410 e. The second-order valence-electron chi connectivity index (χ2n) is 14.9. The first-order valence-electron chi connectivity index (χ1n) is 17.1. The van der Waals surface area contributed by atoms with Crippen molar-refractivity contribution in [1.82, 2.24) is 19.8 Å². The number of nitrogen functional groups attached to an aromatic ring is 1. The zero-order valence-corrected chi connectivity index (χ0v) is 30.0. The van der Waals surface area contributed by atoms with Crippen molar-refractivity contribution in [3.63, 3.8) is 0 Å². The van der Waals surface area contributed by atoms with Crippen molar-refractivity contribution in [2.45, 2.75) is 115 Å². The first-order chi connectivity index (χ1) is 23.2. The molecule has 2 unspecified atom stereocenters. The monoisotopic (exact) mass is 693 g/mol. The fourth-order valence-corrected chi connectivity index (χ4v) is 8.96. The Bertz CT molecular complexity index is 1670. The van der Waals surface area contributed by atoms with Gasteiger partial charge in [-0.05, 0) is 93.2 Å². The Balaban J connectivity index is 1.26. The van der Waals surface area contributed by atoms with Crippen LogP contribution in [0.3, 0.4) is 0 Å². The lowest BCUT2D eigenvalue weighted by Gasteiger charge is -2.41. The maximum absolute atomic E-state index is 13.6. The number of amides is 1. The number of carbonyl (C=O) groups is 2. The van der Waals surface area contributed by atoms with Gasteiger partial charge < -0.3 is 30.7 Å². The number of likely N-dealkylation sites (tertiary alicyclic amines) is 1. The van der Waals surface area contributed by atoms with Gasteiger partial charge in [-0.15, -0.1) is 11.3 Å². The molecule has 6 rings (SSSR count). The zero-order chi connectivity index (χ0) is 35.2. The Labute approximate surface area is 291 Å². The largest absolute Gasteiger partial charge is 0.459 e. The van der Waals surface area contributed by atoms with E-state index in [2.05, 4.69) is 33.1 Å². The molecule has 3 fully saturated rings. The van der Waals surface area contributed by atoms with E-state index in [4.69, 9.17) is 30.8 Å². The molecule has 264 valence electrons. The average molecular weight is 694 g/mol. The molecule has 4 N–H and O–H groups in total. The third-order valence-electron chi connectivity index (χ3n) is 10.2. The fraction of sp³-hybridized carbons (Fsp3) is 0.647. The SMILES string of the molecule is C[C@H](Oc1nc(/C(N)=N/OC(=O)[C@@]2(C)CCCc3sc(N)c(C#N)c32)cc(N2CC3CCC(C2)N3C(=O)OC(C)(C)C)n1)[C@@H]1CCCN1C. The quantitative estimate of drug-likeness (QED) is 0.185. The van der Waals surface area contributed by atoms with Gasteiger partial charge in [0.1, 0.15) is 34.3 Å². The molecule has 5 heterocycles. The normalized spacial score (nSPS) is 26.2. The molecular weight excluding hydrogens is 646 g/mol. The predicted molar refractivity (Wildman–Crippen MR) is 185 cm³/mol. The summed E-state index contributed by atoms with van der Waals surface area (Å²) in [4.78, 5) is 48.8. The Kier molecular flexibility index (Phi) is 9.40. The number of aryl methyl sites for hydroxylation is 1. The van der Waals surface area contributed by atoms with Crippen LogP contribution in [-0.2, 0) is 26.2 Å². The van der Waals surface area contributed by atoms with Crippen molar-refractivity contribution in [3.05, 3.63) is 27.8 Å². The second-order valence-corrected chi connectivity index (χ2v) is 16.0. The number of nitriles is 1. The number of piperazine rings is 1. The second kappa shape index (κ2) is 13.3. The van der Waals surface area contributed by atoms with Crippen LogP contribution in [0.4, 0.5) is 15.6 Å². The van der Waals surface area contributed by atoms with Crippen LogP contribution in [0.5, 0.6) is 6.01 Å². The molecule has 2 aromatic heterocycles. The Morgan fingerprint density at radius 3 is 2.53 bits per heavy atom. The summed E-state index contributed by atoms with van der Waals surface area (Å²) in [6.07, 6.45) is 5.29. The summed E-state index contributed by atoms with van der Waals surface area (Å²) < 4.78 is 12.1. The molecule has 0 aromatic carbocycles. The number of carbonyl (C=O) groups excluding carboxylic acids is 2. The van der Waals surface area contributed by atoms with Crippen molar-refractivity contribution < 1.29 is 23.9 Å². The van der Waals surface area contributed by atoms with E-state index >= 15 is 0 Å². The van der Waals surface area contributed by atoms with E-state index in [0.717, 1.165) is 49.9 Å². The van der Waals surface area contributed by atoms with Gasteiger partial charge in [-0.25, -0.2) is 9.59 Å². The zero-order valence-electron chi connectivity index (χ0n) is 29.2. The van der Waals surface area contributed by atoms with Gasteiger partial charge in [0.2, 0.25) is 0 Å². The van der Waals surface area contributed by atoms with Gasteiger partial charge in [-0.1, -0.05) is 5.16 Å². The number of ether oxygens (including phenoxy) is 2. The molecule has 3 saturated heterocycles. The first kappa shape index (κ1) is 34.7. The summed E-state index contributed by atoms with van der Waals surface area (Å²) in [5, 5.41) is 14.2. The third-order valence-corrected chi connectivity index (χ3v) is 11.3. The number of amidine groups is 1. The molecule has 1 aliphatic carbocycles. The highest BCUT2D eigenvalue weighted by molar-refractivity contribution is 7.16. The van der Waals surface area contributed by atoms with E-state index in [1.165, 1.54) is 11.3 Å². The summed E-state index contributed by atoms with van der Waals surface area (Å²) in [5.74, 6) is -0.162. The maximum Gasteiger partial charge on any atom is 0.410 e.